The molecule has 0 spiro atoms. The number of hydrogen-bond donors (Lipinski definition) is 2. The molecule has 0 unspecified atom stereocenters. The van der Waals surface area contributed by atoms with Gasteiger partial charge in [0.25, 0.3) is 0 Å². The van der Waals surface area contributed by atoms with Gasteiger partial charge in [-0.1, -0.05) is 0 Å². The summed E-state index contributed by atoms with van der Waals surface area (Å²) >= 11 is 7.69. The van der Waals surface area contributed by atoms with Crippen molar-refractivity contribution in [3.63, 3.8) is 0 Å². The monoisotopic (exact) mass is 270 g/mol. The van der Waals surface area contributed by atoms with Crippen molar-refractivity contribution in [2.45, 2.75) is 12.8 Å². The Labute approximate surface area is 104 Å². The number of rotatable bonds is 9. The van der Waals surface area contributed by atoms with Crippen molar-refractivity contribution in [3.8, 4) is 0 Å². The third-order valence-corrected chi connectivity index (χ3v) is 1.70. The molecule has 0 atom stereocenters. The van der Waals surface area contributed by atoms with Crippen LogP contribution in [0, 0.1) is 0 Å². The van der Waals surface area contributed by atoms with E-state index in [4.69, 9.17) is 0 Å². The largest absolute Gasteiger partial charge is 0.435 e. The third kappa shape index (κ3) is 10.1. The first-order chi connectivity index (χ1) is 7.70. The molecule has 0 saturated heterocycles. The molecule has 0 amide bonds. The van der Waals surface area contributed by atoms with Crippen molar-refractivity contribution >= 4 is 37.2 Å². The zero-order valence-corrected chi connectivity index (χ0v) is 10.4. The zero-order valence-electron chi connectivity index (χ0n) is 8.59. The van der Waals surface area contributed by atoms with Crippen LogP contribution >= 0.6 is 25.3 Å². The number of thiol groups is 2. The summed E-state index contributed by atoms with van der Waals surface area (Å²) in [5.41, 5.74) is 0. The summed E-state index contributed by atoms with van der Waals surface area (Å²) in [6.07, 6.45) is 0.396. The van der Waals surface area contributed by atoms with E-state index in [0.29, 0.717) is 11.5 Å². The lowest BCUT2D eigenvalue weighted by Gasteiger charge is -2.05. The highest BCUT2D eigenvalue weighted by atomic mass is 32.1. The molecule has 6 nitrogen and oxygen atoms in total. The second-order valence-corrected chi connectivity index (χ2v) is 3.35. The van der Waals surface area contributed by atoms with Crippen LogP contribution in [0.1, 0.15) is 12.8 Å². The minimum absolute atomic E-state index is 0.198. The van der Waals surface area contributed by atoms with Gasteiger partial charge in [0.05, 0.1) is 12.8 Å². The lowest BCUT2D eigenvalue weighted by molar-refractivity contribution is -0.358. The fourth-order valence-electron chi connectivity index (χ4n) is 0.575. The zero-order chi connectivity index (χ0) is 12.2. The van der Waals surface area contributed by atoms with Gasteiger partial charge in [-0.15, -0.1) is 0 Å². The number of ether oxygens (including phenoxy) is 2. The van der Waals surface area contributed by atoms with Crippen molar-refractivity contribution in [3.05, 3.63) is 0 Å². The van der Waals surface area contributed by atoms with Gasteiger partial charge in [-0.05, 0) is 0 Å². The molecule has 0 N–H and O–H groups in total. The summed E-state index contributed by atoms with van der Waals surface area (Å²) in [5.74, 6) is -0.0708. The highest BCUT2D eigenvalue weighted by Gasteiger charge is 2.02. The van der Waals surface area contributed by atoms with E-state index in [1.54, 1.807) is 0 Å². The van der Waals surface area contributed by atoms with Crippen LogP contribution in [0.4, 0.5) is 0 Å². The van der Waals surface area contributed by atoms with Crippen LogP contribution in [0.5, 0.6) is 0 Å². The minimum Gasteiger partial charge on any atom is -0.435 e. The summed E-state index contributed by atoms with van der Waals surface area (Å²) in [6.45, 7) is -0.701. The van der Waals surface area contributed by atoms with Crippen LogP contribution in [-0.4, -0.2) is 37.0 Å². The van der Waals surface area contributed by atoms with E-state index in [1.807, 2.05) is 0 Å². The predicted molar refractivity (Wildman–Crippen MR) is 61.0 cm³/mol. The second kappa shape index (κ2) is 11.1. The van der Waals surface area contributed by atoms with Gasteiger partial charge in [0.2, 0.25) is 13.6 Å². The van der Waals surface area contributed by atoms with E-state index < -0.39 is 11.9 Å². The molecule has 0 aliphatic carbocycles. The molecule has 0 fully saturated rings. The molecule has 0 heterocycles. The van der Waals surface area contributed by atoms with Crippen LogP contribution in [-0.2, 0) is 28.8 Å². The number of carbonyl (C=O) groups excluding carboxylic acids is 2. The average molecular weight is 270 g/mol. The molecule has 94 valence electrons. The first kappa shape index (κ1) is 15.6. The van der Waals surface area contributed by atoms with Gasteiger partial charge in [0.15, 0.2) is 0 Å². The standard InChI is InChI=1S/C8H14O6S2/c9-7(1-3-15)11-5-13-14-6-12-8(10)2-4-16/h15-16H,1-6H2. The van der Waals surface area contributed by atoms with E-state index in [9.17, 15) is 9.59 Å². The van der Waals surface area contributed by atoms with Crippen LogP contribution in [0.2, 0.25) is 0 Å². The summed E-state index contributed by atoms with van der Waals surface area (Å²) in [6, 6.07) is 0. The van der Waals surface area contributed by atoms with Gasteiger partial charge in [-0.2, -0.15) is 35.0 Å². The lowest BCUT2D eigenvalue weighted by Crippen LogP contribution is -2.12. The topological polar surface area (TPSA) is 71.1 Å². The van der Waals surface area contributed by atoms with Crippen molar-refractivity contribution in [1.82, 2.24) is 0 Å². The first-order valence-corrected chi connectivity index (χ1v) is 5.74. The fraction of sp³-hybridized carbons (Fsp3) is 0.750. The molecule has 0 rings (SSSR count). The Morgan fingerprint density at radius 1 is 0.812 bits per heavy atom. The van der Waals surface area contributed by atoms with E-state index in [1.165, 1.54) is 0 Å². The fourth-order valence-corrected chi connectivity index (χ4v) is 0.940. The molecule has 0 aromatic rings. The Morgan fingerprint density at radius 2 is 1.19 bits per heavy atom. The van der Waals surface area contributed by atoms with Crippen LogP contribution in [0.25, 0.3) is 0 Å². The summed E-state index contributed by atoms with van der Waals surface area (Å²) in [4.78, 5) is 30.4. The maximum Gasteiger partial charge on any atom is 0.308 e. The molecule has 0 saturated carbocycles. The molecular formula is C8H14O6S2. The molecule has 0 radical (unpaired) electrons. The second-order valence-electron chi connectivity index (χ2n) is 2.45. The Balaban J connectivity index is 3.21. The molecule has 16 heavy (non-hydrogen) atoms. The molecular weight excluding hydrogens is 256 g/mol. The molecule has 0 aromatic carbocycles. The maximum atomic E-state index is 10.8. The highest BCUT2D eigenvalue weighted by Crippen LogP contribution is 1.92. The van der Waals surface area contributed by atoms with Crippen LogP contribution < -0.4 is 0 Å². The lowest BCUT2D eigenvalue weighted by atomic mass is 10.5. The quantitative estimate of drug-likeness (QED) is 0.159. The Kier molecular flexibility index (Phi) is 10.8. The van der Waals surface area contributed by atoms with Gasteiger partial charge in [-0.25, -0.2) is 0 Å². The smallest absolute Gasteiger partial charge is 0.308 e. The van der Waals surface area contributed by atoms with E-state index in [0.717, 1.165) is 0 Å². The molecule has 0 aliphatic heterocycles. The van der Waals surface area contributed by atoms with Crippen molar-refractivity contribution in [2.75, 3.05) is 25.1 Å². The maximum absolute atomic E-state index is 10.8. The minimum atomic E-state index is -0.439. The summed E-state index contributed by atoms with van der Waals surface area (Å²) in [5, 5.41) is 0. The molecule has 0 bridgehead atoms. The van der Waals surface area contributed by atoms with Gasteiger partial charge in [0.1, 0.15) is 0 Å². The molecule has 8 heteroatoms. The van der Waals surface area contributed by atoms with Crippen LogP contribution in [0.3, 0.4) is 0 Å². The van der Waals surface area contributed by atoms with E-state index in [-0.39, 0.29) is 26.4 Å². The Morgan fingerprint density at radius 3 is 1.50 bits per heavy atom. The van der Waals surface area contributed by atoms with Gasteiger partial charge in [-0.3, -0.25) is 9.59 Å². The molecule has 0 aromatic heterocycles. The van der Waals surface area contributed by atoms with E-state index in [2.05, 4.69) is 44.5 Å². The Bertz CT molecular complexity index is 189. The van der Waals surface area contributed by atoms with E-state index >= 15 is 0 Å². The number of hydrogen-bond acceptors (Lipinski definition) is 8. The SMILES string of the molecule is O=C(CCS)OCOOCOC(=O)CCS. The van der Waals surface area contributed by atoms with Crippen molar-refractivity contribution in [1.29, 1.82) is 0 Å². The number of esters is 2. The summed E-state index contributed by atoms with van der Waals surface area (Å²) in [7, 11) is 0. The first-order valence-electron chi connectivity index (χ1n) is 4.48. The predicted octanol–water partition coefficient (Wildman–Crippen LogP) is 0.576. The Hall–Kier alpha value is -0.440. The molecule has 0 aliphatic rings. The normalized spacial score (nSPS) is 9.88. The highest BCUT2D eigenvalue weighted by molar-refractivity contribution is 7.80. The third-order valence-electron chi connectivity index (χ3n) is 1.25. The summed E-state index contributed by atoms with van der Waals surface area (Å²) < 4.78 is 9.10. The number of carbonyl (C=O) groups is 2. The van der Waals surface area contributed by atoms with Gasteiger partial charge in [0, 0.05) is 11.5 Å². The van der Waals surface area contributed by atoms with Crippen molar-refractivity contribution < 1.29 is 28.8 Å². The van der Waals surface area contributed by atoms with Crippen LogP contribution in [0.15, 0.2) is 0 Å². The van der Waals surface area contributed by atoms with Crippen molar-refractivity contribution in [2.24, 2.45) is 0 Å². The average Bonchev–Trinajstić information content (AvgIpc) is 2.24. The van der Waals surface area contributed by atoms with Gasteiger partial charge < -0.3 is 9.47 Å². The van der Waals surface area contributed by atoms with Gasteiger partial charge >= 0.3 is 11.9 Å².